The van der Waals surface area contributed by atoms with Crippen LogP contribution in [-0.2, 0) is 0 Å². The number of nitrogens with two attached hydrogens (primary N) is 1. The molecule has 1 aromatic carbocycles. The van der Waals surface area contributed by atoms with Crippen molar-refractivity contribution in [1.82, 2.24) is 9.55 Å². The van der Waals surface area contributed by atoms with Crippen LogP contribution < -0.4 is 17.0 Å². The number of benzene rings is 1. The zero-order valence-corrected chi connectivity index (χ0v) is 7.81. The first-order chi connectivity index (χ1) is 7.18. The Balaban J connectivity index is 2.70. The van der Waals surface area contributed by atoms with E-state index in [0.717, 1.165) is 0 Å². The van der Waals surface area contributed by atoms with Crippen LogP contribution in [-0.4, -0.2) is 9.55 Å². The molecule has 1 aromatic heterocycles. The first-order valence-electron chi connectivity index (χ1n) is 4.35. The molecule has 0 aliphatic carbocycles. The quantitative estimate of drug-likeness (QED) is 0.645. The lowest BCUT2D eigenvalue weighted by molar-refractivity contribution is 0.898. The van der Waals surface area contributed by atoms with Crippen molar-refractivity contribution in [2.45, 2.75) is 0 Å². The highest BCUT2D eigenvalue weighted by Gasteiger charge is 2.02. The van der Waals surface area contributed by atoms with Crippen molar-refractivity contribution in [1.29, 1.82) is 0 Å². The molecule has 0 saturated heterocycles. The molecule has 5 nitrogen and oxygen atoms in total. The summed E-state index contributed by atoms with van der Waals surface area (Å²) in [5.74, 6) is 0. The van der Waals surface area contributed by atoms with Gasteiger partial charge in [-0.2, -0.15) is 0 Å². The van der Waals surface area contributed by atoms with E-state index in [1.165, 1.54) is 16.8 Å². The maximum Gasteiger partial charge on any atom is 0.332 e. The van der Waals surface area contributed by atoms with E-state index in [9.17, 15) is 9.59 Å². The maximum atomic E-state index is 11.4. The van der Waals surface area contributed by atoms with Gasteiger partial charge in [0.1, 0.15) is 0 Å². The van der Waals surface area contributed by atoms with E-state index < -0.39 is 11.2 Å². The maximum absolute atomic E-state index is 11.4. The van der Waals surface area contributed by atoms with Crippen LogP contribution in [0.2, 0.25) is 0 Å². The summed E-state index contributed by atoms with van der Waals surface area (Å²) >= 11 is 0. The number of hydrogen-bond acceptors (Lipinski definition) is 3. The van der Waals surface area contributed by atoms with Crippen molar-refractivity contribution in [2.24, 2.45) is 0 Å². The van der Waals surface area contributed by atoms with Gasteiger partial charge in [-0.25, -0.2) is 4.79 Å². The monoisotopic (exact) mass is 203 g/mol. The number of nitrogens with one attached hydrogen (secondary N) is 1. The molecule has 0 radical (unpaired) electrons. The highest BCUT2D eigenvalue weighted by Crippen LogP contribution is 2.12. The molecule has 1 heterocycles. The number of nitrogens with zero attached hydrogens (tertiary/aromatic N) is 1. The number of aromatic amines is 1. The van der Waals surface area contributed by atoms with Crippen LogP contribution >= 0.6 is 0 Å². The van der Waals surface area contributed by atoms with Crippen LogP contribution in [0.5, 0.6) is 0 Å². The largest absolute Gasteiger partial charge is 0.397 e. The number of nitrogen functional groups attached to an aromatic ring is 1. The molecule has 0 saturated carbocycles. The number of anilines is 1. The molecule has 0 fully saturated rings. The highest BCUT2D eigenvalue weighted by molar-refractivity contribution is 5.57. The molecule has 0 aliphatic rings. The molecule has 3 N–H and O–H groups in total. The van der Waals surface area contributed by atoms with Crippen LogP contribution in [0.15, 0.2) is 46.1 Å². The lowest BCUT2D eigenvalue weighted by Crippen LogP contribution is -2.27. The van der Waals surface area contributed by atoms with Gasteiger partial charge < -0.3 is 5.73 Å². The normalized spacial score (nSPS) is 10.1. The molecular formula is C10H9N3O2. The van der Waals surface area contributed by atoms with Crippen LogP contribution in [0.3, 0.4) is 0 Å². The van der Waals surface area contributed by atoms with Gasteiger partial charge in [0.2, 0.25) is 0 Å². The van der Waals surface area contributed by atoms with Crippen LogP contribution in [0, 0.1) is 0 Å². The molecule has 0 unspecified atom stereocenters. The second-order valence-electron chi connectivity index (χ2n) is 3.04. The van der Waals surface area contributed by atoms with Crippen LogP contribution in [0.4, 0.5) is 5.69 Å². The van der Waals surface area contributed by atoms with Crippen LogP contribution in [0.1, 0.15) is 0 Å². The minimum Gasteiger partial charge on any atom is -0.397 e. The molecule has 5 heteroatoms. The van der Waals surface area contributed by atoms with Gasteiger partial charge in [-0.3, -0.25) is 14.3 Å². The lowest BCUT2D eigenvalue weighted by Gasteiger charge is -2.06. The molecule has 15 heavy (non-hydrogen) atoms. The first kappa shape index (κ1) is 9.26. The van der Waals surface area contributed by atoms with E-state index >= 15 is 0 Å². The van der Waals surface area contributed by atoms with E-state index in [-0.39, 0.29) is 0 Å². The third-order valence-electron chi connectivity index (χ3n) is 2.02. The fourth-order valence-electron chi connectivity index (χ4n) is 1.31. The van der Waals surface area contributed by atoms with Crippen molar-refractivity contribution in [3.05, 3.63) is 57.4 Å². The Morgan fingerprint density at radius 2 is 1.87 bits per heavy atom. The summed E-state index contributed by atoms with van der Waals surface area (Å²) in [4.78, 5) is 24.5. The fraction of sp³-hybridized carbons (Fsp3) is 0. The van der Waals surface area contributed by atoms with Gasteiger partial charge in [-0.15, -0.1) is 0 Å². The number of para-hydroxylation sites is 2. The zero-order valence-electron chi connectivity index (χ0n) is 7.81. The average Bonchev–Trinajstić information content (AvgIpc) is 2.20. The topological polar surface area (TPSA) is 80.9 Å². The fourth-order valence-corrected chi connectivity index (χ4v) is 1.31. The third-order valence-corrected chi connectivity index (χ3v) is 2.02. The molecule has 0 bridgehead atoms. The van der Waals surface area contributed by atoms with Gasteiger partial charge in [0.15, 0.2) is 0 Å². The Bertz CT molecular complexity index is 598. The van der Waals surface area contributed by atoms with Crippen molar-refractivity contribution in [3.63, 3.8) is 0 Å². The predicted molar refractivity (Wildman–Crippen MR) is 57.1 cm³/mol. The summed E-state index contributed by atoms with van der Waals surface area (Å²) in [6, 6.07) is 8.20. The minimum atomic E-state index is -0.500. The SMILES string of the molecule is Nc1ccccc1-n1ccc(=O)[nH]c1=O. The molecule has 0 spiro atoms. The van der Waals surface area contributed by atoms with Gasteiger partial charge in [-0.1, -0.05) is 12.1 Å². The van der Waals surface area contributed by atoms with Gasteiger partial charge >= 0.3 is 5.69 Å². The van der Waals surface area contributed by atoms with E-state index in [2.05, 4.69) is 4.98 Å². The smallest absolute Gasteiger partial charge is 0.332 e. The van der Waals surface area contributed by atoms with Crippen molar-refractivity contribution in [2.75, 3.05) is 5.73 Å². The highest BCUT2D eigenvalue weighted by atomic mass is 16.2. The molecule has 0 aliphatic heterocycles. The van der Waals surface area contributed by atoms with E-state index in [1.54, 1.807) is 24.3 Å². The van der Waals surface area contributed by atoms with Crippen LogP contribution in [0.25, 0.3) is 5.69 Å². The first-order valence-corrected chi connectivity index (χ1v) is 4.35. The van der Waals surface area contributed by atoms with E-state index in [0.29, 0.717) is 11.4 Å². The summed E-state index contributed by atoms with van der Waals surface area (Å²) in [5, 5.41) is 0. The Labute approximate surface area is 84.8 Å². The molecule has 0 atom stereocenters. The van der Waals surface area contributed by atoms with E-state index in [4.69, 9.17) is 5.73 Å². The average molecular weight is 203 g/mol. The van der Waals surface area contributed by atoms with Gasteiger partial charge in [0, 0.05) is 12.3 Å². The number of H-pyrrole nitrogens is 1. The Morgan fingerprint density at radius 3 is 2.53 bits per heavy atom. The summed E-state index contributed by atoms with van der Waals surface area (Å²) in [7, 11) is 0. The van der Waals surface area contributed by atoms with Crippen molar-refractivity contribution >= 4 is 5.69 Å². The summed E-state index contributed by atoms with van der Waals surface area (Å²) < 4.78 is 1.29. The predicted octanol–water partition coefficient (Wildman–Crippen LogP) is 0.108. The summed E-state index contributed by atoms with van der Waals surface area (Å²) in [5.41, 5.74) is 5.82. The summed E-state index contributed by atoms with van der Waals surface area (Å²) in [6.07, 6.45) is 1.40. The molecule has 2 rings (SSSR count). The van der Waals surface area contributed by atoms with Gasteiger partial charge in [0.05, 0.1) is 11.4 Å². The number of hydrogen-bond donors (Lipinski definition) is 2. The Morgan fingerprint density at radius 1 is 1.13 bits per heavy atom. The second-order valence-corrected chi connectivity index (χ2v) is 3.04. The lowest BCUT2D eigenvalue weighted by atomic mass is 10.2. The third kappa shape index (κ3) is 1.67. The summed E-state index contributed by atoms with van der Waals surface area (Å²) in [6.45, 7) is 0. The van der Waals surface area contributed by atoms with Crippen molar-refractivity contribution < 1.29 is 0 Å². The second kappa shape index (κ2) is 3.45. The molecule has 76 valence electrons. The molecule has 0 amide bonds. The standard InChI is InChI=1S/C10H9N3O2/c11-7-3-1-2-4-8(7)13-6-5-9(14)12-10(13)15/h1-6H,11H2,(H,12,14,15). The molecule has 2 aromatic rings. The number of rotatable bonds is 1. The Hall–Kier alpha value is -2.30. The zero-order chi connectivity index (χ0) is 10.8. The Kier molecular flexibility index (Phi) is 2.13. The van der Waals surface area contributed by atoms with Gasteiger partial charge in [0.25, 0.3) is 5.56 Å². The minimum absolute atomic E-state index is 0.425. The van der Waals surface area contributed by atoms with E-state index in [1.807, 2.05) is 0 Å². The molecular weight excluding hydrogens is 194 g/mol. The van der Waals surface area contributed by atoms with Gasteiger partial charge in [-0.05, 0) is 12.1 Å². The number of aromatic nitrogens is 2. The van der Waals surface area contributed by atoms with Crippen molar-refractivity contribution in [3.8, 4) is 5.69 Å².